The maximum absolute atomic E-state index is 12.3. The van der Waals surface area contributed by atoms with Crippen LogP contribution in [-0.4, -0.2) is 47.9 Å². The summed E-state index contributed by atoms with van der Waals surface area (Å²) in [6.07, 6.45) is 0. The molecule has 3 heterocycles. The van der Waals surface area contributed by atoms with Gasteiger partial charge in [-0.1, -0.05) is 0 Å². The molecule has 0 bridgehead atoms. The molecule has 142 valence electrons. The number of amides is 1. The Kier molecular flexibility index (Phi) is 6.42. The second-order valence-corrected chi connectivity index (χ2v) is 8.97. The summed E-state index contributed by atoms with van der Waals surface area (Å²) in [7, 11) is 4.06. The fourth-order valence-electron chi connectivity index (χ4n) is 2.89. The summed E-state index contributed by atoms with van der Waals surface area (Å²) < 4.78 is 11.7. The lowest BCUT2D eigenvalue weighted by molar-refractivity contribution is -0.128. The minimum atomic E-state index is 0.00538. The highest BCUT2D eigenvalue weighted by Gasteiger charge is 2.34. The fraction of sp³-hybridized carbons (Fsp3) is 0.526. The van der Waals surface area contributed by atoms with Gasteiger partial charge in [0, 0.05) is 12.3 Å². The van der Waals surface area contributed by atoms with Gasteiger partial charge in [-0.15, -0.1) is 11.8 Å². The zero-order valence-electron chi connectivity index (χ0n) is 15.8. The van der Waals surface area contributed by atoms with Crippen molar-refractivity contribution in [3.63, 3.8) is 0 Å². The first-order valence-corrected chi connectivity index (χ1v) is 10.9. The van der Waals surface area contributed by atoms with E-state index < -0.39 is 0 Å². The van der Waals surface area contributed by atoms with Crippen molar-refractivity contribution in [2.24, 2.45) is 0 Å². The molecule has 1 atom stereocenters. The monoisotopic (exact) mass is 394 g/mol. The van der Waals surface area contributed by atoms with Crippen LogP contribution < -0.4 is 0 Å². The van der Waals surface area contributed by atoms with Crippen molar-refractivity contribution in [2.75, 3.05) is 32.1 Å². The maximum atomic E-state index is 12.3. The Morgan fingerprint density at radius 3 is 2.73 bits per heavy atom. The van der Waals surface area contributed by atoms with Crippen LogP contribution in [0, 0.1) is 13.8 Å². The highest BCUT2D eigenvalue weighted by molar-refractivity contribution is 8.00. The first-order valence-electron chi connectivity index (χ1n) is 8.72. The van der Waals surface area contributed by atoms with E-state index >= 15 is 0 Å². The number of rotatable bonds is 8. The molecule has 0 saturated carbocycles. The van der Waals surface area contributed by atoms with Crippen molar-refractivity contribution in [3.05, 3.63) is 46.8 Å². The molecule has 0 aliphatic carbocycles. The minimum Gasteiger partial charge on any atom is -0.464 e. The van der Waals surface area contributed by atoms with Crippen molar-refractivity contribution in [2.45, 2.75) is 31.5 Å². The van der Waals surface area contributed by atoms with Gasteiger partial charge in [0.15, 0.2) is 0 Å². The molecule has 1 aliphatic heterocycles. The van der Waals surface area contributed by atoms with Crippen LogP contribution in [0.5, 0.6) is 0 Å². The summed E-state index contributed by atoms with van der Waals surface area (Å²) in [5.41, 5.74) is 1.14. The van der Waals surface area contributed by atoms with Crippen LogP contribution in [0.1, 0.15) is 34.0 Å². The molecular formula is C19H26N2O3S2. The molecule has 1 unspecified atom stereocenters. The Morgan fingerprint density at radius 1 is 1.27 bits per heavy atom. The van der Waals surface area contributed by atoms with Gasteiger partial charge in [-0.3, -0.25) is 4.79 Å². The van der Waals surface area contributed by atoms with Crippen molar-refractivity contribution >= 4 is 29.4 Å². The molecule has 5 nitrogen and oxygen atoms in total. The van der Waals surface area contributed by atoms with Gasteiger partial charge in [-0.05, 0) is 51.7 Å². The largest absolute Gasteiger partial charge is 0.464 e. The Morgan fingerprint density at radius 2 is 2.04 bits per heavy atom. The number of thioether (sulfide) groups is 2. The molecule has 26 heavy (non-hydrogen) atoms. The third-order valence-corrected chi connectivity index (χ3v) is 6.48. The summed E-state index contributed by atoms with van der Waals surface area (Å²) in [6, 6.07) is 6.13. The maximum Gasteiger partial charge on any atom is 0.233 e. The number of hydrogen-bond donors (Lipinski definition) is 0. The van der Waals surface area contributed by atoms with E-state index in [0.29, 0.717) is 5.75 Å². The molecule has 3 rings (SSSR count). The molecular weight excluding hydrogens is 368 g/mol. The summed E-state index contributed by atoms with van der Waals surface area (Å²) >= 11 is 3.44. The van der Waals surface area contributed by atoms with E-state index in [4.69, 9.17) is 8.83 Å². The highest BCUT2D eigenvalue weighted by atomic mass is 32.2. The highest BCUT2D eigenvalue weighted by Crippen LogP contribution is 2.40. The van der Waals surface area contributed by atoms with E-state index in [1.807, 2.05) is 45.0 Å². The standard InChI is InChI=1S/C19H26N2O3S2/c1-13-9-17(23-14(13)2)19-21(18(22)12-26-19)7-8-25-11-16-6-5-15(24-16)10-20(3)4/h5-6,9,19H,7-8,10-12H2,1-4H3. The lowest BCUT2D eigenvalue weighted by atomic mass is 10.3. The molecule has 7 heteroatoms. The van der Waals surface area contributed by atoms with Gasteiger partial charge in [0.05, 0.1) is 18.1 Å². The quantitative estimate of drug-likeness (QED) is 0.630. The Labute approximate surface area is 163 Å². The van der Waals surface area contributed by atoms with E-state index in [-0.39, 0.29) is 11.3 Å². The molecule has 0 spiro atoms. The van der Waals surface area contributed by atoms with Gasteiger partial charge in [0.1, 0.15) is 28.4 Å². The van der Waals surface area contributed by atoms with Crippen molar-refractivity contribution in [1.29, 1.82) is 0 Å². The van der Waals surface area contributed by atoms with Gasteiger partial charge in [0.2, 0.25) is 5.91 Å². The van der Waals surface area contributed by atoms with E-state index in [1.165, 1.54) is 0 Å². The smallest absolute Gasteiger partial charge is 0.233 e. The van der Waals surface area contributed by atoms with E-state index in [2.05, 4.69) is 11.0 Å². The molecule has 0 aromatic carbocycles. The average Bonchev–Trinajstić information content (AvgIpc) is 3.25. The fourth-order valence-corrected chi connectivity index (χ4v) is 4.86. The lowest BCUT2D eigenvalue weighted by Gasteiger charge is -2.22. The summed E-state index contributed by atoms with van der Waals surface area (Å²) in [5, 5.41) is 0.00538. The van der Waals surface area contributed by atoms with Crippen LogP contribution in [0.25, 0.3) is 0 Å². The lowest BCUT2D eigenvalue weighted by Crippen LogP contribution is -2.30. The third kappa shape index (κ3) is 4.69. The van der Waals surface area contributed by atoms with Crippen LogP contribution in [0.2, 0.25) is 0 Å². The molecule has 1 amide bonds. The molecule has 1 fully saturated rings. The first kappa shape index (κ1) is 19.5. The molecule has 2 aromatic rings. The first-order chi connectivity index (χ1) is 12.4. The van der Waals surface area contributed by atoms with E-state index in [0.717, 1.165) is 53.2 Å². The minimum absolute atomic E-state index is 0.00538. The predicted molar refractivity (Wildman–Crippen MR) is 107 cm³/mol. The number of hydrogen-bond acceptors (Lipinski definition) is 6. The molecule has 1 saturated heterocycles. The zero-order chi connectivity index (χ0) is 18.7. The molecule has 0 radical (unpaired) electrons. The van der Waals surface area contributed by atoms with Crippen LogP contribution in [0.3, 0.4) is 0 Å². The second kappa shape index (κ2) is 8.59. The number of carbonyl (C=O) groups excluding carboxylic acids is 1. The van der Waals surface area contributed by atoms with Crippen LogP contribution in [0.4, 0.5) is 0 Å². The van der Waals surface area contributed by atoms with Crippen molar-refractivity contribution in [1.82, 2.24) is 9.80 Å². The van der Waals surface area contributed by atoms with Gasteiger partial charge in [0.25, 0.3) is 0 Å². The Bertz CT molecular complexity index is 734. The summed E-state index contributed by atoms with van der Waals surface area (Å²) in [5.74, 6) is 6.22. The number of carbonyl (C=O) groups is 1. The van der Waals surface area contributed by atoms with Crippen LogP contribution in [0.15, 0.2) is 27.0 Å². The SMILES string of the molecule is Cc1cc(C2SCC(=O)N2CCSCc2ccc(CN(C)C)o2)oc1C. The predicted octanol–water partition coefficient (Wildman–Crippen LogP) is 4.06. The topological polar surface area (TPSA) is 49.8 Å². The zero-order valence-corrected chi connectivity index (χ0v) is 17.4. The Hall–Kier alpha value is -1.31. The van der Waals surface area contributed by atoms with E-state index in [9.17, 15) is 4.79 Å². The van der Waals surface area contributed by atoms with Crippen molar-refractivity contribution < 1.29 is 13.6 Å². The van der Waals surface area contributed by atoms with Gasteiger partial charge in [-0.2, -0.15) is 11.8 Å². The molecule has 1 aliphatic rings. The summed E-state index contributed by atoms with van der Waals surface area (Å²) in [4.78, 5) is 16.3. The van der Waals surface area contributed by atoms with Gasteiger partial charge < -0.3 is 18.6 Å². The van der Waals surface area contributed by atoms with Gasteiger partial charge >= 0.3 is 0 Å². The second-order valence-electron chi connectivity index (χ2n) is 6.80. The molecule has 2 aromatic heterocycles. The van der Waals surface area contributed by atoms with E-state index in [1.54, 1.807) is 23.5 Å². The van der Waals surface area contributed by atoms with Crippen LogP contribution in [-0.2, 0) is 17.1 Å². The average molecular weight is 395 g/mol. The third-order valence-electron chi connectivity index (χ3n) is 4.31. The van der Waals surface area contributed by atoms with Crippen LogP contribution >= 0.6 is 23.5 Å². The number of aryl methyl sites for hydroxylation is 2. The number of nitrogens with zero attached hydrogens (tertiary/aromatic N) is 2. The molecule has 0 N–H and O–H groups in total. The summed E-state index contributed by atoms with van der Waals surface area (Å²) in [6.45, 7) is 5.55. The normalized spacial score (nSPS) is 17.7. The van der Waals surface area contributed by atoms with Gasteiger partial charge in [-0.25, -0.2) is 0 Å². The Balaban J connectivity index is 1.50. The van der Waals surface area contributed by atoms with Crippen molar-refractivity contribution in [3.8, 4) is 0 Å². The number of furan rings is 2.